The molecule has 1 saturated carbocycles. The molecule has 1 N–H and O–H groups in total. The molecule has 1 aliphatic carbocycles. The lowest BCUT2D eigenvalue weighted by molar-refractivity contribution is -0.126. The molecule has 88 valence electrons. The largest absolute Gasteiger partial charge is 0.372 e. The van der Waals surface area contributed by atoms with E-state index in [2.05, 4.69) is 12.2 Å². The van der Waals surface area contributed by atoms with Gasteiger partial charge in [0.05, 0.1) is 0 Å². The Labute approximate surface area is 92.6 Å². The van der Waals surface area contributed by atoms with E-state index in [1.807, 2.05) is 6.92 Å². The van der Waals surface area contributed by atoms with Crippen molar-refractivity contribution in [1.29, 1.82) is 0 Å². The Morgan fingerprint density at radius 2 is 2.13 bits per heavy atom. The minimum Gasteiger partial charge on any atom is -0.372 e. The molecule has 0 spiro atoms. The van der Waals surface area contributed by atoms with Crippen molar-refractivity contribution in [3.05, 3.63) is 0 Å². The number of carbonyl (C=O) groups is 1. The minimum atomic E-state index is 0.0383. The molecule has 15 heavy (non-hydrogen) atoms. The van der Waals surface area contributed by atoms with Crippen LogP contribution < -0.4 is 5.32 Å². The summed E-state index contributed by atoms with van der Waals surface area (Å²) in [4.78, 5) is 11.4. The van der Waals surface area contributed by atoms with Crippen molar-refractivity contribution in [3.63, 3.8) is 0 Å². The Hall–Kier alpha value is -0.570. The number of hydrogen-bond donors (Lipinski definition) is 1. The zero-order valence-corrected chi connectivity index (χ0v) is 9.92. The fourth-order valence-corrected chi connectivity index (χ4v) is 2.10. The van der Waals surface area contributed by atoms with Crippen molar-refractivity contribution < 1.29 is 9.53 Å². The predicted octanol–water partition coefficient (Wildman–Crippen LogP) is 2.11. The summed E-state index contributed by atoms with van der Waals surface area (Å²) < 4.78 is 5.08. The van der Waals surface area contributed by atoms with Gasteiger partial charge in [0, 0.05) is 12.6 Å². The van der Waals surface area contributed by atoms with Gasteiger partial charge in [0.15, 0.2) is 0 Å². The van der Waals surface area contributed by atoms with Gasteiger partial charge >= 0.3 is 0 Å². The molecule has 1 aliphatic rings. The molecule has 0 radical (unpaired) electrons. The second-order valence-electron chi connectivity index (χ2n) is 4.51. The molecule has 2 atom stereocenters. The summed E-state index contributed by atoms with van der Waals surface area (Å²) in [7, 11) is 0. The van der Waals surface area contributed by atoms with Gasteiger partial charge in [0.1, 0.15) is 6.61 Å². The first-order chi connectivity index (χ1) is 7.22. The van der Waals surface area contributed by atoms with Gasteiger partial charge in [-0.1, -0.05) is 19.8 Å². The third-order valence-corrected chi connectivity index (χ3v) is 3.06. The summed E-state index contributed by atoms with van der Waals surface area (Å²) >= 11 is 0. The van der Waals surface area contributed by atoms with Crippen molar-refractivity contribution in [2.75, 3.05) is 13.2 Å². The van der Waals surface area contributed by atoms with E-state index in [-0.39, 0.29) is 12.5 Å². The first-order valence-electron chi connectivity index (χ1n) is 6.09. The van der Waals surface area contributed by atoms with Crippen LogP contribution in [0.2, 0.25) is 0 Å². The molecule has 0 aromatic heterocycles. The molecule has 0 aliphatic heterocycles. The molecular formula is C12H23NO2. The summed E-state index contributed by atoms with van der Waals surface area (Å²) in [5.41, 5.74) is 0. The van der Waals surface area contributed by atoms with Crippen molar-refractivity contribution in [1.82, 2.24) is 5.32 Å². The van der Waals surface area contributed by atoms with E-state index in [9.17, 15) is 4.79 Å². The first-order valence-corrected chi connectivity index (χ1v) is 6.09. The Morgan fingerprint density at radius 3 is 2.87 bits per heavy atom. The van der Waals surface area contributed by atoms with Crippen molar-refractivity contribution in [3.8, 4) is 0 Å². The van der Waals surface area contributed by atoms with E-state index < -0.39 is 0 Å². The minimum absolute atomic E-state index is 0.0383. The first kappa shape index (κ1) is 12.5. The lowest BCUT2D eigenvalue weighted by atomic mass is 10.0. The topological polar surface area (TPSA) is 38.3 Å². The van der Waals surface area contributed by atoms with Gasteiger partial charge in [0.25, 0.3) is 0 Å². The molecule has 0 heterocycles. The smallest absolute Gasteiger partial charge is 0.246 e. The van der Waals surface area contributed by atoms with Gasteiger partial charge in [-0.25, -0.2) is 0 Å². The van der Waals surface area contributed by atoms with E-state index >= 15 is 0 Å². The van der Waals surface area contributed by atoms with E-state index in [0.29, 0.717) is 12.6 Å². The van der Waals surface area contributed by atoms with Crippen LogP contribution in [0.25, 0.3) is 0 Å². The Balaban J connectivity index is 2.22. The van der Waals surface area contributed by atoms with Gasteiger partial charge in [-0.05, 0) is 32.1 Å². The highest BCUT2D eigenvalue weighted by Gasteiger charge is 2.17. The normalized spacial score (nSPS) is 27.1. The summed E-state index contributed by atoms with van der Waals surface area (Å²) in [5.74, 6) is 0.857. The number of hydrogen-bond acceptors (Lipinski definition) is 2. The van der Waals surface area contributed by atoms with Crippen LogP contribution in [0, 0.1) is 5.92 Å². The average Bonchev–Trinajstić information content (AvgIpc) is 2.41. The van der Waals surface area contributed by atoms with Crippen molar-refractivity contribution in [2.45, 2.75) is 52.0 Å². The summed E-state index contributed by atoms with van der Waals surface area (Å²) in [6, 6.07) is 0.378. The molecule has 0 bridgehead atoms. The number of nitrogens with one attached hydrogen (secondary N) is 1. The quantitative estimate of drug-likeness (QED) is 0.726. The predicted molar refractivity (Wildman–Crippen MR) is 60.7 cm³/mol. The Bertz CT molecular complexity index is 194. The lowest BCUT2D eigenvalue weighted by Crippen LogP contribution is -2.36. The van der Waals surface area contributed by atoms with Gasteiger partial charge in [-0.3, -0.25) is 4.79 Å². The van der Waals surface area contributed by atoms with Crippen molar-refractivity contribution >= 4 is 5.91 Å². The number of rotatable bonds is 4. The van der Waals surface area contributed by atoms with Gasteiger partial charge < -0.3 is 10.1 Å². The third-order valence-electron chi connectivity index (χ3n) is 3.06. The highest BCUT2D eigenvalue weighted by atomic mass is 16.5. The zero-order valence-electron chi connectivity index (χ0n) is 9.92. The molecule has 1 fully saturated rings. The second-order valence-corrected chi connectivity index (χ2v) is 4.51. The van der Waals surface area contributed by atoms with Crippen LogP contribution in [-0.4, -0.2) is 25.2 Å². The number of amides is 1. The van der Waals surface area contributed by atoms with Crippen LogP contribution >= 0.6 is 0 Å². The van der Waals surface area contributed by atoms with E-state index in [0.717, 1.165) is 18.8 Å². The molecule has 3 heteroatoms. The van der Waals surface area contributed by atoms with Gasteiger partial charge in [0.2, 0.25) is 5.91 Å². The average molecular weight is 213 g/mol. The monoisotopic (exact) mass is 213 g/mol. The fraction of sp³-hybridized carbons (Fsp3) is 0.917. The van der Waals surface area contributed by atoms with Crippen molar-refractivity contribution in [2.24, 2.45) is 5.92 Å². The molecule has 1 rings (SSSR count). The molecule has 3 nitrogen and oxygen atoms in total. The SMILES string of the molecule is CCOCC(=O)NC1CCCC(C)CC1. The highest BCUT2D eigenvalue weighted by molar-refractivity contribution is 5.77. The van der Waals surface area contributed by atoms with Crippen LogP contribution in [-0.2, 0) is 9.53 Å². The van der Waals surface area contributed by atoms with Gasteiger partial charge in [-0.2, -0.15) is 0 Å². The fourth-order valence-electron chi connectivity index (χ4n) is 2.10. The maximum absolute atomic E-state index is 11.4. The molecule has 0 aromatic carbocycles. The van der Waals surface area contributed by atoms with Crippen LogP contribution in [0.4, 0.5) is 0 Å². The summed E-state index contributed by atoms with van der Waals surface area (Å²) in [5, 5.41) is 3.05. The molecule has 2 unspecified atom stereocenters. The summed E-state index contributed by atoms with van der Waals surface area (Å²) in [6.07, 6.45) is 6.03. The van der Waals surface area contributed by atoms with Crippen LogP contribution in [0.1, 0.15) is 46.0 Å². The van der Waals surface area contributed by atoms with Crippen LogP contribution in [0.15, 0.2) is 0 Å². The molecule has 0 aromatic rings. The highest BCUT2D eigenvalue weighted by Crippen LogP contribution is 2.22. The number of carbonyl (C=O) groups excluding carboxylic acids is 1. The van der Waals surface area contributed by atoms with E-state index in [1.54, 1.807) is 0 Å². The zero-order chi connectivity index (χ0) is 11.1. The van der Waals surface area contributed by atoms with Crippen LogP contribution in [0.5, 0.6) is 0 Å². The molecule has 0 saturated heterocycles. The van der Waals surface area contributed by atoms with E-state index in [4.69, 9.17) is 4.74 Å². The lowest BCUT2D eigenvalue weighted by Gasteiger charge is -2.16. The number of ether oxygens (including phenoxy) is 1. The van der Waals surface area contributed by atoms with E-state index in [1.165, 1.54) is 19.3 Å². The standard InChI is InChI=1S/C12H23NO2/c1-3-15-9-12(14)13-11-6-4-5-10(2)7-8-11/h10-11H,3-9H2,1-2H3,(H,13,14). The Morgan fingerprint density at radius 1 is 1.33 bits per heavy atom. The second kappa shape index (κ2) is 6.83. The Kier molecular flexibility index (Phi) is 5.69. The van der Waals surface area contributed by atoms with Gasteiger partial charge in [-0.15, -0.1) is 0 Å². The van der Waals surface area contributed by atoms with Crippen LogP contribution in [0.3, 0.4) is 0 Å². The third kappa shape index (κ3) is 5.17. The molecule has 1 amide bonds. The maximum Gasteiger partial charge on any atom is 0.246 e. The molecular weight excluding hydrogens is 190 g/mol. The summed E-state index contributed by atoms with van der Waals surface area (Å²) in [6.45, 7) is 5.02. The maximum atomic E-state index is 11.4.